The van der Waals surface area contributed by atoms with E-state index in [-0.39, 0.29) is 18.0 Å². The summed E-state index contributed by atoms with van der Waals surface area (Å²) >= 11 is 6.42. The summed E-state index contributed by atoms with van der Waals surface area (Å²) in [5.41, 5.74) is 6.02. The van der Waals surface area contributed by atoms with Crippen LogP contribution in [0, 0.1) is 0 Å². The Morgan fingerprint density at radius 2 is 1.93 bits per heavy atom. The molecule has 2 aromatic carbocycles. The summed E-state index contributed by atoms with van der Waals surface area (Å²) in [7, 11) is 0. The lowest BCUT2D eigenvalue weighted by Gasteiger charge is -2.40. The quantitative estimate of drug-likeness (QED) is 0.347. The Kier molecular flexibility index (Phi) is 8.23. The molecule has 2 aromatic heterocycles. The van der Waals surface area contributed by atoms with Crippen molar-refractivity contribution < 1.29 is 4.79 Å². The smallest absolute Gasteiger partial charge is 0.241 e. The van der Waals surface area contributed by atoms with Crippen LogP contribution in [-0.4, -0.2) is 62.5 Å². The number of aryl methyl sites for hydroxylation is 3. The fraction of sp³-hybridized carbons (Fsp3) is 0.344. The summed E-state index contributed by atoms with van der Waals surface area (Å²) in [5.74, 6) is 0.144. The van der Waals surface area contributed by atoms with Crippen LogP contribution in [-0.2, 0) is 30.7 Å². The Morgan fingerprint density at radius 1 is 1.05 bits per heavy atom. The van der Waals surface area contributed by atoms with E-state index in [0.29, 0.717) is 19.6 Å². The fourth-order valence-electron chi connectivity index (χ4n) is 6.08. The van der Waals surface area contributed by atoms with Crippen LogP contribution in [0.25, 0.3) is 0 Å². The molecule has 3 heterocycles. The van der Waals surface area contributed by atoms with E-state index in [1.165, 1.54) is 16.7 Å². The molecular weight excluding hydrogens is 520 g/mol. The van der Waals surface area contributed by atoms with Gasteiger partial charge in [0, 0.05) is 62.9 Å². The van der Waals surface area contributed by atoms with Gasteiger partial charge in [-0.3, -0.25) is 14.7 Å². The van der Waals surface area contributed by atoms with Crippen LogP contribution in [0.15, 0.2) is 85.6 Å². The number of hydrogen-bond donors (Lipinski definition) is 1. The number of fused-ring (bicyclic) bond motifs is 2. The minimum absolute atomic E-state index is 0.00724. The van der Waals surface area contributed by atoms with Crippen LogP contribution in [0.2, 0.25) is 5.02 Å². The van der Waals surface area contributed by atoms with Gasteiger partial charge in [0.05, 0.1) is 24.1 Å². The summed E-state index contributed by atoms with van der Waals surface area (Å²) in [4.78, 5) is 27.6. The molecule has 1 fully saturated rings. The van der Waals surface area contributed by atoms with E-state index in [9.17, 15) is 4.79 Å². The molecule has 0 saturated carbocycles. The van der Waals surface area contributed by atoms with Crippen molar-refractivity contribution in [2.24, 2.45) is 0 Å². The Hall–Kier alpha value is -3.52. The van der Waals surface area contributed by atoms with Gasteiger partial charge >= 0.3 is 0 Å². The van der Waals surface area contributed by atoms with Gasteiger partial charge in [0.2, 0.25) is 5.91 Å². The summed E-state index contributed by atoms with van der Waals surface area (Å²) < 4.78 is 2.06. The fourth-order valence-corrected chi connectivity index (χ4v) is 6.27. The molecule has 1 amide bonds. The average molecular weight is 555 g/mol. The number of piperazine rings is 1. The molecule has 1 aliphatic carbocycles. The van der Waals surface area contributed by atoms with Crippen molar-refractivity contribution in [2.45, 2.75) is 44.4 Å². The zero-order valence-electron chi connectivity index (χ0n) is 22.6. The number of hydrogen-bond acceptors (Lipinski definition) is 5. The molecule has 0 bridgehead atoms. The number of halogens is 1. The minimum Gasteiger partial charge on any atom is -0.337 e. The van der Waals surface area contributed by atoms with Gasteiger partial charge in [-0.2, -0.15) is 0 Å². The number of carbonyl (C=O) groups is 1. The van der Waals surface area contributed by atoms with Crippen LogP contribution in [0.4, 0.5) is 0 Å². The highest BCUT2D eigenvalue weighted by Gasteiger charge is 2.36. The number of imidazole rings is 1. The second-order valence-electron chi connectivity index (χ2n) is 10.7. The third-order valence-corrected chi connectivity index (χ3v) is 8.29. The topological polar surface area (TPSA) is 66.3 Å². The van der Waals surface area contributed by atoms with E-state index in [4.69, 9.17) is 16.6 Å². The van der Waals surface area contributed by atoms with Gasteiger partial charge < -0.3 is 14.8 Å². The first-order chi connectivity index (χ1) is 19.7. The zero-order valence-corrected chi connectivity index (χ0v) is 23.4. The lowest BCUT2D eigenvalue weighted by Crippen LogP contribution is -2.58. The zero-order chi connectivity index (χ0) is 27.3. The summed E-state index contributed by atoms with van der Waals surface area (Å²) in [6.45, 7) is 4.30. The predicted molar refractivity (Wildman–Crippen MR) is 157 cm³/mol. The molecular formula is C32H35ClN6O. The van der Waals surface area contributed by atoms with Crippen molar-refractivity contribution in [2.75, 3.05) is 26.2 Å². The average Bonchev–Trinajstić information content (AvgIpc) is 3.45. The first kappa shape index (κ1) is 26.7. The van der Waals surface area contributed by atoms with Gasteiger partial charge in [-0.1, -0.05) is 54.1 Å². The Balaban J connectivity index is 1.24. The van der Waals surface area contributed by atoms with E-state index in [1.807, 2.05) is 54.0 Å². The molecule has 2 aliphatic rings. The van der Waals surface area contributed by atoms with Crippen LogP contribution in [0.1, 0.15) is 40.4 Å². The number of rotatable bonds is 8. The van der Waals surface area contributed by atoms with E-state index in [1.54, 1.807) is 6.20 Å². The number of nitrogens with one attached hydrogen (secondary N) is 1. The van der Waals surface area contributed by atoms with Gasteiger partial charge in [-0.25, -0.2) is 4.98 Å². The normalized spacial score (nSPS) is 18.9. The van der Waals surface area contributed by atoms with Crippen LogP contribution in [0.5, 0.6) is 0 Å². The number of carbonyl (C=O) groups excluding carboxylic acids is 1. The highest BCUT2D eigenvalue weighted by Crippen LogP contribution is 2.37. The molecule has 7 nitrogen and oxygen atoms in total. The lowest BCUT2D eigenvalue weighted by atomic mass is 9.95. The van der Waals surface area contributed by atoms with Crippen molar-refractivity contribution in [3.05, 3.63) is 119 Å². The number of pyridine rings is 1. The number of amides is 1. The van der Waals surface area contributed by atoms with Gasteiger partial charge in [0.25, 0.3) is 0 Å². The predicted octanol–water partition coefficient (Wildman–Crippen LogP) is 4.51. The maximum Gasteiger partial charge on any atom is 0.241 e. The van der Waals surface area contributed by atoms with Crippen LogP contribution in [0.3, 0.4) is 0 Å². The number of nitrogens with zero attached hydrogens (tertiary/aromatic N) is 5. The second kappa shape index (κ2) is 12.3. The maximum atomic E-state index is 14.1. The SMILES string of the molecule is O=C([C@H]1CN([C@H]2c3ccc(Cl)cc3CCc3cccnc32)CCN1)N(CCCn1ccnc1)Cc1ccccc1. The van der Waals surface area contributed by atoms with E-state index < -0.39 is 0 Å². The maximum absolute atomic E-state index is 14.1. The van der Waals surface area contributed by atoms with Gasteiger partial charge in [-0.15, -0.1) is 0 Å². The van der Waals surface area contributed by atoms with E-state index >= 15 is 0 Å². The molecule has 4 aromatic rings. The second-order valence-corrected chi connectivity index (χ2v) is 11.1. The summed E-state index contributed by atoms with van der Waals surface area (Å²) in [6.07, 6.45) is 10.2. The Labute approximate surface area is 240 Å². The largest absolute Gasteiger partial charge is 0.337 e. The molecule has 40 heavy (non-hydrogen) atoms. The molecule has 0 unspecified atom stereocenters. The van der Waals surface area contributed by atoms with Crippen LogP contribution >= 0.6 is 11.6 Å². The molecule has 0 spiro atoms. The van der Waals surface area contributed by atoms with Gasteiger partial charge in [0.15, 0.2) is 0 Å². The summed E-state index contributed by atoms with van der Waals surface area (Å²) in [5, 5.41) is 4.30. The first-order valence-electron chi connectivity index (χ1n) is 14.1. The van der Waals surface area contributed by atoms with Crippen LogP contribution < -0.4 is 5.32 Å². The third-order valence-electron chi connectivity index (χ3n) is 8.05. The van der Waals surface area contributed by atoms with Crippen molar-refractivity contribution >= 4 is 17.5 Å². The van der Waals surface area contributed by atoms with E-state index in [2.05, 4.69) is 50.1 Å². The monoisotopic (exact) mass is 554 g/mol. The number of benzene rings is 2. The Bertz CT molecular complexity index is 1430. The van der Waals surface area contributed by atoms with Crippen molar-refractivity contribution in [1.29, 1.82) is 0 Å². The molecule has 1 N–H and O–H groups in total. The Morgan fingerprint density at radius 3 is 2.77 bits per heavy atom. The molecule has 206 valence electrons. The van der Waals surface area contributed by atoms with Crippen molar-refractivity contribution in [3.8, 4) is 0 Å². The molecule has 1 aliphatic heterocycles. The number of aromatic nitrogens is 3. The standard InChI is InChI=1S/C32H35ClN6O/c33-27-11-12-28-26(20-27)10-9-25-8-4-13-36-30(25)31(28)38-19-15-35-29(22-38)32(40)39(21-24-6-2-1-3-7-24)17-5-16-37-18-14-34-23-37/h1-4,6-8,11-14,18,20,23,29,31,35H,5,9-10,15-17,19,21-22H2/t29-,31+/m1/s1. The molecule has 1 saturated heterocycles. The first-order valence-corrected chi connectivity index (χ1v) is 14.5. The lowest BCUT2D eigenvalue weighted by molar-refractivity contribution is -0.135. The van der Waals surface area contributed by atoms with Gasteiger partial charge in [0.1, 0.15) is 0 Å². The van der Waals surface area contributed by atoms with Crippen molar-refractivity contribution in [3.63, 3.8) is 0 Å². The summed E-state index contributed by atoms with van der Waals surface area (Å²) in [6, 6.07) is 20.4. The molecule has 8 heteroatoms. The minimum atomic E-state index is -0.295. The molecule has 0 radical (unpaired) electrons. The van der Waals surface area contributed by atoms with E-state index in [0.717, 1.165) is 55.2 Å². The molecule has 6 rings (SSSR count). The molecule has 2 atom stereocenters. The third kappa shape index (κ3) is 5.97. The highest BCUT2D eigenvalue weighted by molar-refractivity contribution is 6.30. The highest BCUT2D eigenvalue weighted by atomic mass is 35.5. The van der Waals surface area contributed by atoms with Crippen molar-refractivity contribution in [1.82, 2.24) is 29.7 Å². The van der Waals surface area contributed by atoms with Gasteiger partial charge in [-0.05, 0) is 59.7 Å².